The van der Waals surface area contributed by atoms with Crippen LogP contribution in [0.4, 0.5) is 34.6 Å². The second-order valence-electron chi connectivity index (χ2n) is 10.9. The average molecular weight is 924 g/mol. The van der Waals surface area contributed by atoms with Gasteiger partial charge in [-0.15, -0.1) is 5.11 Å². The Morgan fingerprint density at radius 3 is 1.82 bits per heavy atom. The summed E-state index contributed by atoms with van der Waals surface area (Å²) in [6.07, 6.45) is 0. The van der Waals surface area contributed by atoms with Gasteiger partial charge in [0.05, 0.1) is 47.7 Å². The van der Waals surface area contributed by atoms with Crippen molar-refractivity contribution in [2.45, 2.75) is 19.6 Å². The predicted molar refractivity (Wildman–Crippen MR) is 188 cm³/mol. The van der Waals surface area contributed by atoms with Crippen molar-refractivity contribution in [1.82, 2.24) is 15.0 Å². The van der Waals surface area contributed by atoms with E-state index >= 15 is 0 Å². The summed E-state index contributed by atoms with van der Waals surface area (Å²) in [6.45, 7) is 0. The molecule has 30 heteroatoms. The molecule has 0 bridgehead atoms. The molecule has 22 nitrogen and oxygen atoms in total. The molecule has 0 atom stereocenters. The Morgan fingerprint density at radius 2 is 1.26 bits per heavy atom. The van der Waals surface area contributed by atoms with E-state index in [0.717, 1.165) is 42.5 Å². The van der Waals surface area contributed by atoms with Crippen molar-refractivity contribution < 1.29 is 125 Å². The maximum Gasteiger partial charge on any atom is 1.00 e. The van der Waals surface area contributed by atoms with Gasteiger partial charge in [0, 0.05) is 11.4 Å². The SMILES string of the molecule is O=S(=O)([O-])CCS(=O)(=O)c1ccc(N=Nc2c(S(=O)(=O)O)cc3cc(S(=O)(=O)O)cc(Nc4nc(Cl)nc(Nc5cccc(S(=O)(=O)O)c5)n4)c3c2[O-])cc1.[Na+].[Na+]. The maximum absolute atomic E-state index is 13.9. The quantitative estimate of drug-likeness (QED) is 0.0439. The number of azo groups is 1. The molecule has 0 unspecified atom stereocenters. The van der Waals surface area contributed by atoms with Gasteiger partial charge in [-0.25, -0.2) is 16.8 Å². The smallest absolute Gasteiger partial charge is 0.870 e. The van der Waals surface area contributed by atoms with Gasteiger partial charge in [-0.1, -0.05) is 11.8 Å². The Hall–Kier alpha value is -2.97. The van der Waals surface area contributed by atoms with Crippen molar-refractivity contribution >= 4 is 107 Å². The predicted octanol–water partition coefficient (Wildman–Crippen LogP) is -3.28. The number of aromatic nitrogens is 3. The summed E-state index contributed by atoms with van der Waals surface area (Å²) in [4.78, 5) is 8.72. The first-order chi connectivity index (χ1) is 25.3. The van der Waals surface area contributed by atoms with Crippen LogP contribution in [-0.2, 0) is 50.3 Å². The Balaban J connectivity index is 0.00000435. The molecular formula is C27H20ClN7Na2O15S5. The van der Waals surface area contributed by atoms with Crippen molar-refractivity contribution in [3.63, 3.8) is 0 Å². The van der Waals surface area contributed by atoms with Crippen LogP contribution in [0.3, 0.4) is 0 Å². The number of benzene rings is 4. The number of nitrogens with one attached hydrogen (secondary N) is 2. The van der Waals surface area contributed by atoms with Gasteiger partial charge in [0.25, 0.3) is 30.4 Å². The number of rotatable bonds is 13. The van der Waals surface area contributed by atoms with E-state index in [1.165, 1.54) is 12.1 Å². The zero-order valence-electron chi connectivity index (χ0n) is 28.7. The van der Waals surface area contributed by atoms with E-state index in [2.05, 4.69) is 35.8 Å². The van der Waals surface area contributed by atoms with E-state index in [9.17, 15) is 65.4 Å². The van der Waals surface area contributed by atoms with Crippen molar-refractivity contribution in [3.8, 4) is 5.75 Å². The molecule has 0 aliphatic carbocycles. The molecule has 0 amide bonds. The van der Waals surface area contributed by atoms with Crippen LogP contribution < -0.4 is 74.9 Å². The molecule has 5 rings (SSSR count). The van der Waals surface area contributed by atoms with Crippen molar-refractivity contribution in [2.75, 3.05) is 22.1 Å². The number of halogens is 1. The molecule has 0 aliphatic rings. The van der Waals surface area contributed by atoms with Gasteiger partial charge in [-0.2, -0.15) is 45.3 Å². The zero-order valence-corrected chi connectivity index (χ0v) is 37.5. The molecule has 0 spiro atoms. The molecule has 0 saturated heterocycles. The summed E-state index contributed by atoms with van der Waals surface area (Å²) in [5.41, 5.74) is -1.71. The number of hydrogen-bond acceptors (Lipinski definition) is 19. The Kier molecular flexibility index (Phi) is 15.4. The van der Waals surface area contributed by atoms with Crippen molar-refractivity contribution in [1.29, 1.82) is 0 Å². The molecule has 292 valence electrons. The van der Waals surface area contributed by atoms with Gasteiger partial charge in [-0.3, -0.25) is 13.7 Å². The number of fused-ring (bicyclic) bond motifs is 1. The minimum absolute atomic E-state index is 0. The summed E-state index contributed by atoms with van der Waals surface area (Å²) in [7, 11) is -24.1. The first-order valence-electron chi connectivity index (χ1n) is 14.3. The van der Waals surface area contributed by atoms with E-state index in [1.54, 1.807) is 0 Å². The van der Waals surface area contributed by atoms with Crippen molar-refractivity contribution in [2.24, 2.45) is 10.2 Å². The van der Waals surface area contributed by atoms with Crippen LogP contribution in [0.15, 0.2) is 96.5 Å². The third-order valence-electron chi connectivity index (χ3n) is 6.99. The number of anilines is 4. The first kappa shape index (κ1) is 48.4. The minimum atomic E-state index is -5.32. The van der Waals surface area contributed by atoms with Crippen LogP contribution in [0.2, 0.25) is 5.28 Å². The van der Waals surface area contributed by atoms with E-state index in [-0.39, 0.29) is 76.4 Å². The third-order valence-corrected chi connectivity index (χ3v) is 12.4. The summed E-state index contributed by atoms with van der Waals surface area (Å²) in [6, 6.07) is 10.7. The fourth-order valence-electron chi connectivity index (χ4n) is 4.59. The summed E-state index contributed by atoms with van der Waals surface area (Å²) < 4.78 is 159. The zero-order chi connectivity index (χ0) is 40.7. The Labute approximate surface area is 372 Å². The first-order valence-corrected chi connectivity index (χ1v) is 22.2. The largest absolute Gasteiger partial charge is 1.00 e. The van der Waals surface area contributed by atoms with Crippen LogP contribution in [0.5, 0.6) is 5.75 Å². The van der Waals surface area contributed by atoms with Crippen LogP contribution in [0, 0.1) is 0 Å². The third kappa shape index (κ3) is 12.5. The Bertz CT molecular complexity index is 2980. The molecule has 0 fully saturated rings. The van der Waals surface area contributed by atoms with Gasteiger partial charge in [0.15, 0.2) is 9.84 Å². The number of sulfone groups is 1. The van der Waals surface area contributed by atoms with Gasteiger partial charge in [0.1, 0.15) is 4.90 Å². The summed E-state index contributed by atoms with van der Waals surface area (Å²) in [5.74, 6) is -4.39. The molecule has 4 aromatic carbocycles. The molecule has 57 heavy (non-hydrogen) atoms. The molecule has 0 aliphatic heterocycles. The summed E-state index contributed by atoms with van der Waals surface area (Å²) >= 11 is 6.04. The maximum atomic E-state index is 13.9. The Morgan fingerprint density at radius 1 is 0.667 bits per heavy atom. The molecule has 1 aromatic heterocycles. The monoisotopic (exact) mass is 923 g/mol. The molecule has 5 N–H and O–H groups in total. The van der Waals surface area contributed by atoms with E-state index < -0.39 is 121 Å². The standard InChI is InChI=1S/C27H22ClN7O15S5.2Na/c28-25-31-26(29-16-2-1-3-18(12-16)53(42,43)44)33-27(32-25)30-20-13-19(54(45,46)47)10-14-11-21(55(48,49)50)23(24(36)22(14)20)35-34-15-4-6-17(7-5-15)51(37,38)8-9-52(39,40)41;;/h1-7,10-13,36H,8-9H2,(H,39,40,41)(H,42,43,44)(H,45,46,47)(H,48,49,50)(H2,29,30,31,32,33);;/q;2*+1/p-2. The average Bonchev–Trinajstić information content (AvgIpc) is 3.05. The minimum Gasteiger partial charge on any atom is -0.870 e. The topological polar surface area (TPSA) is 365 Å². The summed E-state index contributed by atoms with van der Waals surface area (Å²) in [5, 5.41) is 24.9. The van der Waals surface area contributed by atoms with Gasteiger partial charge >= 0.3 is 59.1 Å². The van der Waals surface area contributed by atoms with E-state index in [4.69, 9.17) is 11.6 Å². The van der Waals surface area contributed by atoms with Gasteiger partial charge in [0.2, 0.25) is 17.2 Å². The van der Waals surface area contributed by atoms with Gasteiger partial charge < -0.3 is 20.3 Å². The van der Waals surface area contributed by atoms with Crippen LogP contribution in [0.25, 0.3) is 10.8 Å². The molecule has 0 radical (unpaired) electrons. The number of nitrogens with zero attached hydrogens (tertiary/aromatic N) is 5. The normalized spacial score (nSPS) is 12.5. The van der Waals surface area contributed by atoms with Crippen molar-refractivity contribution in [3.05, 3.63) is 72.0 Å². The fourth-order valence-corrected chi connectivity index (χ4v) is 8.95. The second-order valence-corrected chi connectivity index (χ2v) is 19.1. The van der Waals surface area contributed by atoms with Crippen LogP contribution in [-0.4, -0.2) is 86.8 Å². The molecular weight excluding hydrogens is 904 g/mol. The molecule has 1 heterocycles. The molecule has 0 saturated carbocycles. The fraction of sp³-hybridized carbons (Fsp3) is 0.0741. The van der Waals surface area contributed by atoms with Crippen LogP contribution in [0.1, 0.15) is 0 Å². The molecule has 5 aromatic rings. The van der Waals surface area contributed by atoms with E-state index in [0.29, 0.717) is 12.1 Å². The van der Waals surface area contributed by atoms with Gasteiger partial charge in [-0.05, 0) is 83.0 Å². The van der Waals surface area contributed by atoms with E-state index in [1.807, 2.05) is 0 Å². The second kappa shape index (κ2) is 18.1. The van der Waals surface area contributed by atoms with Crippen LogP contribution >= 0.6 is 11.6 Å². The number of hydrogen-bond donors (Lipinski definition) is 5.